The summed E-state index contributed by atoms with van der Waals surface area (Å²) >= 11 is 0. The molecule has 0 spiro atoms. The van der Waals surface area contributed by atoms with Gasteiger partial charge in [0.1, 0.15) is 18.1 Å². The molecule has 1 aliphatic heterocycles. The van der Waals surface area contributed by atoms with Crippen molar-refractivity contribution >= 4 is 23.2 Å². The van der Waals surface area contributed by atoms with Crippen LogP contribution in [0.4, 0.5) is 15.9 Å². The number of aromatic nitrogens is 2. The smallest absolute Gasteiger partial charge is 0.244 e. The van der Waals surface area contributed by atoms with Crippen molar-refractivity contribution in [2.24, 2.45) is 0 Å². The third kappa shape index (κ3) is 4.52. The SMILES string of the molecule is C/C=C(/OCC)c1c(N)nn(CC(=O)N2CCN(c3ccc(F)cc3)CC2)c1C. The van der Waals surface area contributed by atoms with E-state index >= 15 is 0 Å². The third-order valence-electron chi connectivity index (χ3n) is 5.15. The van der Waals surface area contributed by atoms with Gasteiger partial charge in [-0.25, -0.2) is 4.39 Å². The number of nitrogens with zero attached hydrogens (tertiary/aromatic N) is 4. The third-order valence-corrected chi connectivity index (χ3v) is 5.15. The van der Waals surface area contributed by atoms with Gasteiger partial charge in [0.2, 0.25) is 5.91 Å². The van der Waals surface area contributed by atoms with Crippen molar-refractivity contribution in [2.45, 2.75) is 27.3 Å². The second-order valence-electron chi connectivity index (χ2n) is 6.93. The van der Waals surface area contributed by atoms with E-state index in [1.54, 1.807) is 16.8 Å². The number of hydrogen-bond donors (Lipinski definition) is 1. The zero-order valence-electron chi connectivity index (χ0n) is 17.2. The van der Waals surface area contributed by atoms with Crippen LogP contribution in [0.1, 0.15) is 25.1 Å². The largest absolute Gasteiger partial charge is 0.493 e. The maximum absolute atomic E-state index is 13.1. The van der Waals surface area contributed by atoms with Crippen LogP contribution in [0.15, 0.2) is 30.3 Å². The summed E-state index contributed by atoms with van der Waals surface area (Å²) in [7, 11) is 0. The summed E-state index contributed by atoms with van der Waals surface area (Å²) in [5.41, 5.74) is 8.60. The van der Waals surface area contributed by atoms with Crippen LogP contribution in [0.2, 0.25) is 0 Å². The molecule has 29 heavy (non-hydrogen) atoms. The minimum absolute atomic E-state index is 0.000607. The van der Waals surface area contributed by atoms with Gasteiger partial charge >= 0.3 is 0 Å². The van der Waals surface area contributed by atoms with Gasteiger partial charge in [-0.3, -0.25) is 9.48 Å². The molecule has 2 aromatic rings. The lowest BCUT2D eigenvalue weighted by atomic mass is 10.2. The number of allylic oxidation sites excluding steroid dienone is 1. The number of rotatable bonds is 6. The first-order valence-electron chi connectivity index (χ1n) is 9.85. The number of anilines is 2. The van der Waals surface area contributed by atoms with Crippen LogP contribution in [0.3, 0.4) is 0 Å². The molecule has 8 heteroatoms. The topological polar surface area (TPSA) is 76.6 Å². The summed E-state index contributed by atoms with van der Waals surface area (Å²) in [5.74, 6) is 0.785. The average Bonchev–Trinajstić information content (AvgIpc) is 3.00. The predicted octanol–water partition coefficient (Wildman–Crippen LogP) is 2.66. The normalized spacial score (nSPS) is 15.0. The van der Waals surface area contributed by atoms with Crippen LogP contribution in [-0.2, 0) is 16.1 Å². The lowest BCUT2D eigenvalue weighted by molar-refractivity contribution is -0.132. The lowest BCUT2D eigenvalue weighted by Gasteiger charge is -2.36. The summed E-state index contributed by atoms with van der Waals surface area (Å²) in [5, 5.41) is 4.35. The van der Waals surface area contributed by atoms with Crippen LogP contribution < -0.4 is 10.6 Å². The minimum Gasteiger partial charge on any atom is -0.493 e. The molecule has 2 N–H and O–H groups in total. The van der Waals surface area contributed by atoms with Crippen LogP contribution in [0.25, 0.3) is 5.76 Å². The molecule has 156 valence electrons. The van der Waals surface area contributed by atoms with E-state index in [0.29, 0.717) is 44.4 Å². The molecular formula is C21H28FN5O2. The molecule has 7 nitrogen and oxygen atoms in total. The van der Waals surface area contributed by atoms with E-state index in [9.17, 15) is 9.18 Å². The molecule has 1 aromatic heterocycles. The Kier molecular flexibility index (Phi) is 6.41. The number of carbonyl (C=O) groups excluding carboxylic acids is 1. The Balaban J connectivity index is 1.63. The van der Waals surface area contributed by atoms with Gasteiger partial charge in [0.15, 0.2) is 5.82 Å². The second kappa shape index (κ2) is 8.98. The van der Waals surface area contributed by atoms with Crippen LogP contribution in [0, 0.1) is 12.7 Å². The predicted molar refractivity (Wildman–Crippen MR) is 112 cm³/mol. The number of hydrogen-bond acceptors (Lipinski definition) is 5. The van der Waals surface area contributed by atoms with Gasteiger partial charge < -0.3 is 20.3 Å². The number of amides is 1. The zero-order chi connectivity index (χ0) is 21.0. The Morgan fingerprint density at radius 3 is 2.48 bits per heavy atom. The Morgan fingerprint density at radius 1 is 1.24 bits per heavy atom. The Bertz CT molecular complexity index is 883. The Labute approximate surface area is 170 Å². The average molecular weight is 401 g/mol. The number of carbonyl (C=O) groups is 1. The van der Waals surface area contributed by atoms with E-state index in [1.807, 2.05) is 31.7 Å². The number of nitrogens with two attached hydrogens (primary N) is 1. The van der Waals surface area contributed by atoms with Crippen LogP contribution in [0.5, 0.6) is 0 Å². The van der Waals surface area contributed by atoms with Gasteiger partial charge in [0.25, 0.3) is 0 Å². The molecular weight excluding hydrogens is 373 g/mol. The van der Waals surface area contributed by atoms with Crippen molar-refractivity contribution in [3.63, 3.8) is 0 Å². The molecule has 1 aromatic carbocycles. The van der Waals surface area contributed by atoms with Crippen LogP contribution in [-0.4, -0.2) is 53.4 Å². The highest BCUT2D eigenvalue weighted by atomic mass is 19.1. The van der Waals surface area contributed by atoms with Gasteiger partial charge in [-0.15, -0.1) is 0 Å². The van der Waals surface area contributed by atoms with Gasteiger partial charge in [-0.1, -0.05) is 0 Å². The standard InChI is InChI=1S/C21H28FN5O2/c1-4-18(29-5-2)20-15(3)27(24-21(20)23)14-19(28)26-12-10-25(11-13-26)17-8-6-16(22)7-9-17/h4,6-9H,5,10-14H2,1-3H3,(H2,23,24)/b18-4+. The maximum atomic E-state index is 13.1. The van der Waals surface area contributed by atoms with Gasteiger partial charge in [0.05, 0.1) is 12.2 Å². The fraction of sp³-hybridized carbons (Fsp3) is 0.429. The molecule has 1 aliphatic rings. The first-order valence-corrected chi connectivity index (χ1v) is 9.85. The highest BCUT2D eigenvalue weighted by molar-refractivity contribution is 5.77. The quantitative estimate of drug-likeness (QED) is 0.753. The second-order valence-corrected chi connectivity index (χ2v) is 6.93. The molecule has 0 unspecified atom stereocenters. The molecule has 3 rings (SSSR count). The number of piperazine rings is 1. The molecule has 0 radical (unpaired) electrons. The van der Waals surface area contributed by atoms with Crippen molar-refractivity contribution in [1.82, 2.24) is 14.7 Å². The Hall–Kier alpha value is -3.03. The summed E-state index contributed by atoms with van der Waals surface area (Å²) in [6.45, 7) is 8.97. The van der Waals surface area contributed by atoms with Crippen molar-refractivity contribution in [3.05, 3.63) is 47.4 Å². The van der Waals surface area contributed by atoms with Crippen molar-refractivity contribution in [2.75, 3.05) is 43.4 Å². The zero-order valence-corrected chi connectivity index (χ0v) is 17.2. The first-order chi connectivity index (χ1) is 13.9. The first kappa shape index (κ1) is 20.7. The van der Waals surface area contributed by atoms with Gasteiger partial charge in [-0.2, -0.15) is 5.10 Å². The molecule has 1 fully saturated rings. The van der Waals surface area contributed by atoms with E-state index in [4.69, 9.17) is 10.5 Å². The van der Waals surface area contributed by atoms with E-state index in [0.717, 1.165) is 16.9 Å². The fourth-order valence-corrected chi connectivity index (χ4v) is 3.58. The number of nitrogen functional groups attached to an aromatic ring is 1. The number of ether oxygens (including phenoxy) is 1. The van der Waals surface area contributed by atoms with E-state index in [2.05, 4.69) is 10.00 Å². The highest BCUT2D eigenvalue weighted by Crippen LogP contribution is 2.26. The fourth-order valence-electron chi connectivity index (χ4n) is 3.58. The summed E-state index contributed by atoms with van der Waals surface area (Å²) < 4.78 is 20.4. The van der Waals surface area contributed by atoms with Gasteiger partial charge in [-0.05, 0) is 51.1 Å². The van der Waals surface area contributed by atoms with Crippen molar-refractivity contribution in [1.29, 1.82) is 0 Å². The number of benzene rings is 1. The summed E-state index contributed by atoms with van der Waals surface area (Å²) in [6.07, 6.45) is 1.85. The molecule has 0 aliphatic carbocycles. The molecule has 0 bridgehead atoms. The molecule has 2 heterocycles. The number of halogens is 1. The van der Waals surface area contributed by atoms with E-state index in [-0.39, 0.29) is 18.3 Å². The molecule has 1 saturated heterocycles. The van der Waals surface area contributed by atoms with Crippen LogP contribution >= 0.6 is 0 Å². The Morgan fingerprint density at radius 2 is 1.90 bits per heavy atom. The molecule has 0 atom stereocenters. The summed E-state index contributed by atoms with van der Waals surface area (Å²) in [4.78, 5) is 16.8. The highest BCUT2D eigenvalue weighted by Gasteiger charge is 2.24. The van der Waals surface area contributed by atoms with Crippen molar-refractivity contribution < 1.29 is 13.9 Å². The van der Waals surface area contributed by atoms with Crippen molar-refractivity contribution in [3.8, 4) is 0 Å². The molecule has 1 amide bonds. The van der Waals surface area contributed by atoms with E-state index in [1.165, 1.54) is 12.1 Å². The monoisotopic (exact) mass is 401 g/mol. The van der Waals surface area contributed by atoms with E-state index < -0.39 is 0 Å². The minimum atomic E-state index is -0.249. The van der Waals surface area contributed by atoms with Gasteiger partial charge in [0, 0.05) is 37.6 Å². The lowest BCUT2D eigenvalue weighted by Crippen LogP contribution is -2.49. The molecule has 0 saturated carbocycles. The maximum Gasteiger partial charge on any atom is 0.244 e. The summed E-state index contributed by atoms with van der Waals surface area (Å²) in [6, 6.07) is 6.44.